The normalized spacial score (nSPS) is 47.5. The second-order valence-corrected chi connectivity index (χ2v) is 8.64. The summed E-state index contributed by atoms with van der Waals surface area (Å²) in [5.41, 5.74) is -0.336. The number of para-hydroxylation sites is 1. The van der Waals surface area contributed by atoms with Gasteiger partial charge in [0.1, 0.15) is 11.6 Å². The predicted molar refractivity (Wildman–Crippen MR) is 97.8 cm³/mol. The number of ether oxygens (including phenoxy) is 1. The molecule has 1 aliphatic carbocycles. The van der Waals surface area contributed by atoms with Crippen molar-refractivity contribution in [1.29, 1.82) is 0 Å². The molecule has 3 saturated heterocycles. The first kappa shape index (κ1) is 16.1. The molecular formula is C21H24N2O4. The molecule has 1 aromatic rings. The van der Waals surface area contributed by atoms with Crippen molar-refractivity contribution >= 4 is 11.7 Å². The van der Waals surface area contributed by atoms with Gasteiger partial charge in [0.15, 0.2) is 5.72 Å². The average Bonchev–Trinajstić information content (AvgIpc) is 3.00. The van der Waals surface area contributed by atoms with Crippen molar-refractivity contribution in [1.82, 2.24) is 4.90 Å². The van der Waals surface area contributed by atoms with Gasteiger partial charge in [-0.15, -0.1) is 0 Å². The van der Waals surface area contributed by atoms with E-state index in [0.29, 0.717) is 12.8 Å². The molecule has 6 bridgehead atoms. The van der Waals surface area contributed by atoms with Gasteiger partial charge < -0.3 is 19.8 Å². The van der Waals surface area contributed by atoms with Crippen molar-refractivity contribution in [2.75, 3.05) is 25.1 Å². The fourth-order valence-electron chi connectivity index (χ4n) is 7.65. The number of benzene rings is 1. The Morgan fingerprint density at radius 1 is 1.37 bits per heavy atom. The summed E-state index contributed by atoms with van der Waals surface area (Å²) in [6.07, 6.45) is 2.27. The lowest BCUT2D eigenvalue weighted by Crippen LogP contribution is -2.78. The van der Waals surface area contributed by atoms with E-state index in [9.17, 15) is 15.0 Å². The lowest BCUT2D eigenvalue weighted by atomic mass is 9.42. The summed E-state index contributed by atoms with van der Waals surface area (Å²) >= 11 is 0. The van der Waals surface area contributed by atoms with E-state index in [1.165, 1.54) is 12.7 Å². The number of fused-ring (bicyclic) bond motifs is 4. The molecule has 27 heavy (non-hydrogen) atoms. The Morgan fingerprint density at radius 2 is 2.15 bits per heavy atom. The van der Waals surface area contributed by atoms with Crippen LogP contribution in [0.15, 0.2) is 35.9 Å². The lowest BCUT2D eigenvalue weighted by Gasteiger charge is -2.65. The number of esters is 1. The first-order valence-corrected chi connectivity index (χ1v) is 9.77. The van der Waals surface area contributed by atoms with Gasteiger partial charge in [0, 0.05) is 24.7 Å². The number of nitrogens with zero attached hydrogens (tertiary/aromatic N) is 2. The van der Waals surface area contributed by atoms with Crippen molar-refractivity contribution in [3.8, 4) is 0 Å². The number of methoxy groups -OCH3 is 1. The maximum absolute atomic E-state index is 13.5. The number of anilines is 1. The van der Waals surface area contributed by atoms with E-state index in [0.717, 1.165) is 24.3 Å². The lowest BCUT2D eigenvalue weighted by molar-refractivity contribution is -0.215. The second-order valence-electron chi connectivity index (χ2n) is 8.64. The highest BCUT2D eigenvalue weighted by molar-refractivity contribution is 5.90. The van der Waals surface area contributed by atoms with E-state index in [2.05, 4.69) is 11.0 Å². The number of aliphatic hydroxyl groups is 2. The quantitative estimate of drug-likeness (QED) is 0.569. The van der Waals surface area contributed by atoms with Crippen molar-refractivity contribution in [2.24, 2.45) is 11.3 Å². The van der Waals surface area contributed by atoms with Crippen LogP contribution in [0, 0.1) is 11.3 Å². The van der Waals surface area contributed by atoms with Crippen LogP contribution < -0.4 is 4.90 Å². The number of piperidine rings is 2. The largest absolute Gasteiger partial charge is 0.468 e. The van der Waals surface area contributed by atoms with Gasteiger partial charge in [-0.1, -0.05) is 29.8 Å². The Bertz CT molecular complexity index is 915. The van der Waals surface area contributed by atoms with Gasteiger partial charge in [-0.25, -0.2) is 0 Å². The summed E-state index contributed by atoms with van der Waals surface area (Å²) in [4.78, 5) is 17.6. The molecule has 6 heteroatoms. The minimum atomic E-state index is -1.29. The molecule has 6 rings (SSSR count). The zero-order valence-corrected chi connectivity index (χ0v) is 15.6. The molecule has 5 aliphatic rings. The molecule has 142 valence electrons. The van der Waals surface area contributed by atoms with Crippen LogP contribution in [-0.2, 0) is 14.9 Å². The van der Waals surface area contributed by atoms with E-state index in [-0.39, 0.29) is 12.0 Å². The van der Waals surface area contributed by atoms with E-state index in [4.69, 9.17) is 4.74 Å². The topological polar surface area (TPSA) is 73.2 Å². The molecule has 0 radical (unpaired) electrons. The minimum absolute atomic E-state index is 0.109. The Kier molecular flexibility index (Phi) is 2.72. The van der Waals surface area contributed by atoms with Crippen LogP contribution in [0.5, 0.6) is 0 Å². The van der Waals surface area contributed by atoms with Crippen LogP contribution in [0.25, 0.3) is 0 Å². The molecule has 6 nitrogen and oxygen atoms in total. The molecule has 0 unspecified atom stereocenters. The number of hydrogen-bond donors (Lipinski definition) is 2. The molecule has 1 saturated carbocycles. The van der Waals surface area contributed by atoms with Crippen molar-refractivity contribution < 1.29 is 19.7 Å². The third-order valence-corrected chi connectivity index (χ3v) is 8.39. The monoisotopic (exact) mass is 368 g/mol. The van der Waals surface area contributed by atoms with Gasteiger partial charge in [0.2, 0.25) is 0 Å². The summed E-state index contributed by atoms with van der Waals surface area (Å²) in [6, 6.07) is 7.76. The Balaban J connectivity index is 1.78. The second kappa shape index (κ2) is 4.57. The Labute approximate surface area is 158 Å². The minimum Gasteiger partial charge on any atom is -0.468 e. The number of rotatable bonds is 1. The van der Waals surface area contributed by atoms with Crippen molar-refractivity contribution in [3.05, 3.63) is 41.5 Å². The van der Waals surface area contributed by atoms with Crippen LogP contribution in [0.2, 0.25) is 0 Å². The standard InChI is InChI=1S/C21H24N2O4/c1-3-12-11-22-9-8-19-13-6-4-5-7-15(13)23-17(24)20(19,18(25)27-2)14(12)10-16(22)21(19,23)26/h3-7,14,16-17,24,26H,8-11H2,1-2H3/b12-3-/t14-,16-,17+,19-,20-,21-/m0/s1. The number of allylic oxidation sites excluding steroid dienone is 1. The smallest absolute Gasteiger partial charge is 0.318 e. The molecule has 4 aliphatic heterocycles. The van der Waals surface area contributed by atoms with Crippen LogP contribution in [0.1, 0.15) is 25.3 Å². The summed E-state index contributed by atoms with van der Waals surface area (Å²) in [5.74, 6) is -0.534. The third kappa shape index (κ3) is 1.25. The third-order valence-electron chi connectivity index (χ3n) is 8.39. The zero-order chi connectivity index (χ0) is 18.8. The van der Waals surface area contributed by atoms with Gasteiger partial charge in [0.05, 0.1) is 18.6 Å². The fraction of sp³-hybridized carbons (Fsp3) is 0.571. The Morgan fingerprint density at radius 3 is 2.89 bits per heavy atom. The van der Waals surface area contributed by atoms with Gasteiger partial charge in [-0.3, -0.25) is 9.69 Å². The maximum Gasteiger partial charge on any atom is 0.318 e. The SMILES string of the molecule is C/C=C1/CN2CC[C@]34c5ccccc5N5[C@H](O)[C@]3(C(=O)OC)[C@H]1C[C@H]2[C@@]54O. The fourth-order valence-corrected chi connectivity index (χ4v) is 7.65. The zero-order valence-electron chi connectivity index (χ0n) is 15.6. The molecule has 1 aromatic carbocycles. The van der Waals surface area contributed by atoms with Crippen molar-refractivity contribution in [3.63, 3.8) is 0 Å². The predicted octanol–water partition coefficient (Wildman–Crippen LogP) is 0.978. The van der Waals surface area contributed by atoms with Crippen molar-refractivity contribution in [2.45, 2.75) is 43.2 Å². The molecule has 0 aromatic heterocycles. The van der Waals surface area contributed by atoms with E-state index >= 15 is 0 Å². The number of hydrogen-bond acceptors (Lipinski definition) is 6. The van der Waals surface area contributed by atoms with Gasteiger partial charge in [-0.05, 0) is 31.4 Å². The molecule has 2 N–H and O–H groups in total. The highest BCUT2D eigenvalue weighted by atomic mass is 16.5. The summed E-state index contributed by atoms with van der Waals surface area (Å²) in [6.45, 7) is 3.53. The summed E-state index contributed by atoms with van der Waals surface area (Å²) in [5, 5.41) is 23.9. The van der Waals surface area contributed by atoms with Crippen LogP contribution in [-0.4, -0.2) is 59.3 Å². The van der Waals surface area contributed by atoms with Gasteiger partial charge in [-0.2, -0.15) is 0 Å². The molecule has 0 spiro atoms. The van der Waals surface area contributed by atoms with E-state index in [1.807, 2.05) is 31.2 Å². The molecular weight excluding hydrogens is 344 g/mol. The molecule has 4 heterocycles. The average molecular weight is 368 g/mol. The van der Waals surface area contributed by atoms with E-state index in [1.54, 1.807) is 4.90 Å². The van der Waals surface area contributed by atoms with Gasteiger partial charge >= 0.3 is 5.97 Å². The van der Waals surface area contributed by atoms with Crippen LogP contribution in [0.4, 0.5) is 5.69 Å². The van der Waals surface area contributed by atoms with E-state index < -0.39 is 28.8 Å². The summed E-state index contributed by atoms with van der Waals surface area (Å²) < 4.78 is 5.34. The highest BCUT2D eigenvalue weighted by Crippen LogP contribution is 2.78. The highest BCUT2D eigenvalue weighted by Gasteiger charge is 2.90. The first-order chi connectivity index (χ1) is 13.0. The van der Waals surface area contributed by atoms with Gasteiger partial charge in [0.25, 0.3) is 0 Å². The van der Waals surface area contributed by atoms with Crippen LogP contribution >= 0.6 is 0 Å². The molecule has 0 amide bonds. The number of carbonyl (C=O) groups is 1. The summed E-state index contributed by atoms with van der Waals surface area (Å²) in [7, 11) is 1.39. The number of carbonyl (C=O) groups excluding carboxylic acids is 1. The number of aliphatic hydroxyl groups excluding tert-OH is 1. The maximum atomic E-state index is 13.5. The Hall–Kier alpha value is -1.89. The van der Waals surface area contributed by atoms with Crippen LogP contribution in [0.3, 0.4) is 0 Å². The molecule has 4 fully saturated rings. The first-order valence-electron chi connectivity index (χ1n) is 9.77. The molecule has 6 atom stereocenters.